The van der Waals surface area contributed by atoms with Gasteiger partial charge in [0.1, 0.15) is 11.3 Å². The Morgan fingerprint density at radius 1 is 1.53 bits per heavy atom. The second kappa shape index (κ2) is 4.54. The SMILES string of the molecule is NC(=O)CNC(=O)c1cc2c(Br)ccnc2[nH]1. The molecule has 2 aromatic heterocycles. The Kier molecular flexibility index (Phi) is 3.10. The summed E-state index contributed by atoms with van der Waals surface area (Å²) in [5.74, 6) is -0.984. The minimum absolute atomic E-state index is 0.192. The van der Waals surface area contributed by atoms with Crippen LogP contribution in [0.4, 0.5) is 0 Å². The van der Waals surface area contributed by atoms with Crippen LogP contribution in [0.3, 0.4) is 0 Å². The summed E-state index contributed by atoms with van der Waals surface area (Å²) in [6.07, 6.45) is 1.62. The summed E-state index contributed by atoms with van der Waals surface area (Å²) in [6.45, 7) is -0.192. The molecular formula is C10H9BrN4O2. The third-order valence-corrected chi connectivity index (χ3v) is 2.84. The van der Waals surface area contributed by atoms with Gasteiger partial charge in [0.2, 0.25) is 5.91 Å². The predicted molar refractivity (Wildman–Crippen MR) is 65.3 cm³/mol. The maximum Gasteiger partial charge on any atom is 0.268 e. The first kappa shape index (κ1) is 11.6. The van der Waals surface area contributed by atoms with Crippen LogP contribution in [0.2, 0.25) is 0 Å². The van der Waals surface area contributed by atoms with Gasteiger partial charge in [-0.05, 0) is 28.1 Å². The van der Waals surface area contributed by atoms with E-state index < -0.39 is 11.8 Å². The Morgan fingerprint density at radius 3 is 2.94 bits per heavy atom. The van der Waals surface area contributed by atoms with Crippen molar-refractivity contribution in [2.75, 3.05) is 6.54 Å². The van der Waals surface area contributed by atoms with Crippen molar-refractivity contribution in [3.8, 4) is 0 Å². The molecule has 0 aliphatic carbocycles. The van der Waals surface area contributed by atoms with Crippen molar-refractivity contribution in [3.63, 3.8) is 0 Å². The van der Waals surface area contributed by atoms with Crippen LogP contribution in [-0.4, -0.2) is 28.3 Å². The number of primary amides is 1. The molecule has 7 heteroatoms. The second-order valence-corrected chi connectivity index (χ2v) is 4.24. The first-order valence-corrected chi connectivity index (χ1v) is 5.57. The van der Waals surface area contributed by atoms with Crippen LogP contribution in [0.15, 0.2) is 22.8 Å². The average Bonchev–Trinajstić information content (AvgIpc) is 2.71. The van der Waals surface area contributed by atoms with E-state index >= 15 is 0 Å². The maximum absolute atomic E-state index is 11.6. The molecule has 17 heavy (non-hydrogen) atoms. The number of halogens is 1. The van der Waals surface area contributed by atoms with E-state index in [1.54, 1.807) is 18.3 Å². The van der Waals surface area contributed by atoms with Gasteiger partial charge in [0.15, 0.2) is 0 Å². The first-order chi connectivity index (χ1) is 8.08. The van der Waals surface area contributed by atoms with Gasteiger partial charge >= 0.3 is 0 Å². The number of hydrogen-bond acceptors (Lipinski definition) is 3. The van der Waals surface area contributed by atoms with E-state index in [1.807, 2.05) is 0 Å². The van der Waals surface area contributed by atoms with E-state index in [9.17, 15) is 9.59 Å². The molecule has 0 aliphatic heterocycles. The van der Waals surface area contributed by atoms with Crippen LogP contribution < -0.4 is 11.1 Å². The number of aromatic amines is 1. The molecule has 0 aromatic carbocycles. The van der Waals surface area contributed by atoms with Crippen molar-refractivity contribution < 1.29 is 9.59 Å². The van der Waals surface area contributed by atoms with E-state index in [1.165, 1.54) is 0 Å². The van der Waals surface area contributed by atoms with Crippen LogP contribution in [0.5, 0.6) is 0 Å². The molecule has 0 saturated carbocycles. The van der Waals surface area contributed by atoms with Crippen LogP contribution >= 0.6 is 15.9 Å². The van der Waals surface area contributed by atoms with Gasteiger partial charge in [0.25, 0.3) is 5.91 Å². The highest BCUT2D eigenvalue weighted by molar-refractivity contribution is 9.10. The van der Waals surface area contributed by atoms with Crippen molar-refractivity contribution in [1.29, 1.82) is 0 Å². The van der Waals surface area contributed by atoms with Gasteiger partial charge < -0.3 is 16.0 Å². The number of H-pyrrole nitrogens is 1. The molecule has 0 spiro atoms. The molecule has 0 saturated heterocycles. The number of fused-ring (bicyclic) bond motifs is 1. The molecule has 6 nitrogen and oxygen atoms in total. The van der Waals surface area contributed by atoms with Crippen molar-refractivity contribution >= 4 is 38.8 Å². The van der Waals surface area contributed by atoms with E-state index in [2.05, 4.69) is 31.2 Å². The number of rotatable bonds is 3. The van der Waals surface area contributed by atoms with Crippen molar-refractivity contribution in [2.45, 2.75) is 0 Å². The molecule has 2 aromatic rings. The Labute approximate surface area is 105 Å². The summed E-state index contributed by atoms with van der Waals surface area (Å²) in [5.41, 5.74) is 5.87. The van der Waals surface area contributed by atoms with Gasteiger partial charge in [-0.25, -0.2) is 4.98 Å². The Bertz CT molecular complexity index is 593. The lowest BCUT2D eigenvalue weighted by molar-refractivity contribution is -0.117. The molecule has 0 atom stereocenters. The second-order valence-electron chi connectivity index (χ2n) is 3.39. The van der Waals surface area contributed by atoms with Gasteiger partial charge in [-0.15, -0.1) is 0 Å². The summed E-state index contributed by atoms with van der Waals surface area (Å²) < 4.78 is 0.840. The average molecular weight is 297 g/mol. The Hall–Kier alpha value is -1.89. The normalized spacial score (nSPS) is 10.4. The third kappa shape index (κ3) is 2.44. The molecule has 0 fully saturated rings. The van der Waals surface area contributed by atoms with Crippen molar-refractivity contribution in [2.24, 2.45) is 5.73 Å². The fourth-order valence-electron chi connectivity index (χ4n) is 1.38. The van der Waals surface area contributed by atoms with E-state index in [0.29, 0.717) is 11.3 Å². The lowest BCUT2D eigenvalue weighted by Crippen LogP contribution is -2.33. The zero-order chi connectivity index (χ0) is 12.4. The molecule has 0 bridgehead atoms. The molecule has 88 valence electrons. The van der Waals surface area contributed by atoms with Gasteiger partial charge in [-0.3, -0.25) is 9.59 Å². The lowest BCUT2D eigenvalue weighted by Gasteiger charge is -1.98. The quantitative estimate of drug-likeness (QED) is 0.770. The van der Waals surface area contributed by atoms with Gasteiger partial charge in [-0.1, -0.05) is 0 Å². The summed E-state index contributed by atoms with van der Waals surface area (Å²) in [6, 6.07) is 3.43. The molecule has 4 N–H and O–H groups in total. The van der Waals surface area contributed by atoms with Crippen molar-refractivity contribution in [3.05, 3.63) is 28.5 Å². The number of pyridine rings is 1. The number of nitrogens with one attached hydrogen (secondary N) is 2. The molecule has 2 rings (SSSR count). The number of nitrogens with two attached hydrogens (primary N) is 1. The van der Waals surface area contributed by atoms with Crippen LogP contribution in [0.25, 0.3) is 11.0 Å². The minimum atomic E-state index is -0.589. The Morgan fingerprint density at radius 2 is 2.29 bits per heavy atom. The van der Waals surface area contributed by atoms with Crippen LogP contribution in [0, 0.1) is 0 Å². The maximum atomic E-state index is 11.6. The number of aromatic nitrogens is 2. The number of nitrogens with zero attached hydrogens (tertiary/aromatic N) is 1. The number of amides is 2. The summed E-state index contributed by atoms with van der Waals surface area (Å²) in [7, 11) is 0. The number of carbonyl (C=O) groups excluding carboxylic acids is 2. The summed E-state index contributed by atoms with van der Waals surface area (Å²) in [4.78, 5) is 29.1. The highest BCUT2D eigenvalue weighted by Crippen LogP contribution is 2.22. The third-order valence-electron chi connectivity index (χ3n) is 2.15. The standard InChI is InChI=1S/C10H9BrN4O2/c11-6-1-2-13-9-5(6)3-7(15-9)10(17)14-4-8(12)16/h1-3H,4H2,(H2,12,16)(H,13,15)(H,14,17). The molecule has 2 amide bonds. The van der Waals surface area contributed by atoms with Crippen molar-refractivity contribution in [1.82, 2.24) is 15.3 Å². The van der Waals surface area contributed by atoms with E-state index in [-0.39, 0.29) is 6.54 Å². The topological polar surface area (TPSA) is 101 Å². The number of hydrogen-bond donors (Lipinski definition) is 3. The lowest BCUT2D eigenvalue weighted by atomic mass is 10.3. The smallest absolute Gasteiger partial charge is 0.268 e. The molecular weight excluding hydrogens is 288 g/mol. The number of carbonyl (C=O) groups is 2. The van der Waals surface area contributed by atoms with Gasteiger partial charge in [-0.2, -0.15) is 0 Å². The molecule has 0 unspecified atom stereocenters. The molecule has 2 heterocycles. The highest BCUT2D eigenvalue weighted by atomic mass is 79.9. The fraction of sp³-hybridized carbons (Fsp3) is 0.100. The fourth-order valence-corrected chi connectivity index (χ4v) is 1.80. The predicted octanol–water partition coefficient (Wildman–Crippen LogP) is 0.540. The monoisotopic (exact) mass is 296 g/mol. The molecule has 0 aliphatic rings. The van der Waals surface area contributed by atoms with Crippen LogP contribution in [0.1, 0.15) is 10.5 Å². The Balaban J connectivity index is 2.27. The van der Waals surface area contributed by atoms with Gasteiger partial charge in [0, 0.05) is 16.1 Å². The van der Waals surface area contributed by atoms with E-state index in [0.717, 1.165) is 9.86 Å². The van der Waals surface area contributed by atoms with Crippen LogP contribution in [-0.2, 0) is 4.79 Å². The van der Waals surface area contributed by atoms with E-state index in [4.69, 9.17) is 5.73 Å². The largest absolute Gasteiger partial charge is 0.368 e. The molecule has 0 radical (unpaired) electrons. The first-order valence-electron chi connectivity index (χ1n) is 4.77. The van der Waals surface area contributed by atoms with Gasteiger partial charge in [0.05, 0.1) is 6.54 Å². The highest BCUT2D eigenvalue weighted by Gasteiger charge is 2.11. The summed E-state index contributed by atoms with van der Waals surface area (Å²) in [5, 5.41) is 3.19. The zero-order valence-corrected chi connectivity index (χ0v) is 10.2. The summed E-state index contributed by atoms with van der Waals surface area (Å²) >= 11 is 3.36. The minimum Gasteiger partial charge on any atom is -0.368 e. The zero-order valence-electron chi connectivity index (χ0n) is 8.66.